The number of aromatic nitrogens is 4. The Morgan fingerprint density at radius 2 is 1.84 bits per heavy atom. The van der Waals surface area contributed by atoms with Crippen molar-refractivity contribution in [3.05, 3.63) is 36.7 Å². The Bertz CT molecular complexity index is 884. The maximum absolute atomic E-state index is 13.5. The number of hydrogen-bond donors (Lipinski definition) is 0. The summed E-state index contributed by atoms with van der Waals surface area (Å²) in [5.74, 6) is -1.83. The lowest BCUT2D eigenvalue weighted by atomic mass is 10.1. The Morgan fingerprint density at radius 3 is 2.52 bits per heavy atom. The highest BCUT2D eigenvalue weighted by atomic mass is 19.3. The van der Waals surface area contributed by atoms with Crippen LogP contribution in [-0.4, -0.2) is 45.9 Å². The average molecular weight is 345 g/mol. The number of halogens is 2. The Balaban J connectivity index is 1.74. The summed E-state index contributed by atoms with van der Waals surface area (Å²) in [5, 5.41) is 12.5. The number of hydrogen-bond acceptors (Lipinski definition) is 5. The summed E-state index contributed by atoms with van der Waals surface area (Å²) in [7, 11) is 1.61. The third kappa shape index (κ3) is 2.99. The quantitative estimate of drug-likeness (QED) is 0.730. The van der Waals surface area contributed by atoms with E-state index in [0.29, 0.717) is 5.65 Å². The molecule has 2 aromatic heterocycles. The van der Waals surface area contributed by atoms with Crippen LogP contribution in [0.4, 0.5) is 14.5 Å². The van der Waals surface area contributed by atoms with Gasteiger partial charge < -0.3 is 9.64 Å². The molecule has 1 saturated heterocycles. The van der Waals surface area contributed by atoms with Crippen LogP contribution in [0.2, 0.25) is 0 Å². The van der Waals surface area contributed by atoms with Crippen LogP contribution in [0.3, 0.4) is 0 Å². The van der Waals surface area contributed by atoms with Gasteiger partial charge in [-0.25, -0.2) is 8.78 Å². The van der Waals surface area contributed by atoms with Crippen molar-refractivity contribution < 1.29 is 13.5 Å². The van der Waals surface area contributed by atoms with E-state index in [2.05, 4.69) is 15.3 Å². The number of ether oxygens (including phenoxy) is 1. The molecule has 130 valence electrons. The van der Waals surface area contributed by atoms with Crippen molar-refractivity contribution >= 4 is 11.3 Å². The Labute approximate surface area is 143 Å². The van der Waals surface area contributed by atoms with Gasteiger partial charge in [0.05, 0.1) is 18.5 Å². The minimum Gasteiger partial charge on any atom is -0.497 e. The van der Waals surface area contributed by atoms with E-state index in [1.807, 2.05) is 35.2 Å². The van der Waals surface area contributed by atoms with Crippen LogP contribution in [0.15, 0.2) is 36.7 Å². The summed E-state index contributed by atoms with van der Waals surface area (Å²) in [6.45, 7) is 0.559. The van der Waals surface area contributed by atoms with Crippen molar-refractivity contribution in [1.82, 2.24) is 19.8 Å². The van der Waals surface area contributed by atoms with Crippen molar-refractivity contribution in [2.75, 3.05) is 25.1 Å². The van der Waals surface area contributed by atoms with Gasteiger partial charge in [0.2, 0.25) is 5.65 Å². The predicted molar refractivity (Wildman–Crippen MR) is 89.2 cm³/mol. The fourth-order valence-corrected chi connectivity index (χ4v) is 3.02. The van der Waals surface area contributed by atoms with Crippen LogP contribution in [0, 0.1) is 0 Å². The third-order valence-electron chi connectivity index (χ3n) is 4.47. The lowest BCUT2D eigenvalue weighted by Gasteiger charge is -2.33. The van der Waals surface area contributed by atoms with Crippen LogP contribution in [0.1, 0.15) is 12.8 Å². The zero-order valence-electron chi connectivity index (χ0n) is 13.7. The van der Waals surface area contributed by atoms with Gasteiger partial charge in [0.1, 0.15) is 12.1 Å². The molecule has 8 heteroatoms. The van der Waals surface area contributed by atoms with Crippen molar-refractivity contribution in [1.29, 1.82) is 0 Å². The summed E-state index contributed by atoms with van der Waals surface area (Å²) >= 11 is 0. The molecule has 1 aliphatic rings. The first-order valence-electron chi connectivity index (χ1n) is 8.04. The Kier molecular flexibility index (Phi) is 3.74. The highest BCUT2D eigenvalue weighted by Crippen LogP contribution is 2.33. The summed E-state index contributed by atoms with van der Waals surface area (Å²) in [5.41, 5.74) is 2.97. The molecule has 25 heavy (non-hydrogen) atoms. The normalized spacial score (nSPS) is 17.0. The first kappa shape index (κ1) is 15.7. The zero-order chi connectivity index (χ0) is 17.4. The Hall–Kier alpha value is -2.77. The SMILES string of the molecule is COc1ccc(-c2cc(N3CCC(F)(F)CC3)c3nncn3n2)cc1. The number of rotatable bonds is 3. The number of fused-ring (bicyclic) bond motifs is 1. The van der Waals surface area contributed by atoms with Gasteiger partial charge in [0, 0.05) is 31.5 Å². The molecule has 3 heterocycles. The number of alkyl halides is 2. The molecule has 6 nitrogen and oxygen atoms in total. The van der Waals surface area contributed by atoms with Gasteiger partial charge in [-0.2, -0.15) is 9.61 Å². The van der Waals surface area contributed by atoms with Gasteiger partial charge in [0.15, 0.2) is 0 Å². The molecular weight excluding hydrogens is 328 g/mol. The smallest absolute Gasteiger partial charge is 0.251 e. The molecule has 0 spiro atoms. The van der Waals surface area contributed by atoms with Crippen molar-refractivity contribution in [2.45, 2.75) is 18.8 Å². The monoisotopic (exact) mass is 345 g/mol. The highest BCUT2D eigenvalue weighted by Gasteiger charge is 2.34. The summed E-state index contributed by atoms with van der Waals surface area (Å²) in [4.78, 5) is 1.93. The predicted octanol–water partition coefficient (Wildman–Crippen LogP) is 3.04. The molecule has 0 aliphatic carbocycles. The molecule has 0 unspecified atom stereocenters. The van der Waals surface area contributed by atoms with Gasteiger partial charge in [-0.1, -0.05) is 0 Å². The van der Waals surface area contributed by atoms with E-state index >= 15 is 0 Å². The van der Waals surface area contributed by atoms with E-state index in [-0.39, 0.29) is 25.9 Å². The number of methoxy groups -OCH3 is 1. The molecule has 1 aromatic carbocycles. The average Bonchev–Trinajstić information content (AvgIpc) is 3.10. The van der Waals surface area contributed by atoms with Gasteiger partial charge in [-0.3, -0.25) is 0 Å². The second-order valence-corrected chi connectivity index (χ2v) is 6.09. The molecule has 0 N–H and O–H groups in total. The molecular formula is C17H17F2N5O. The van der Waals surface area contributed by atoms with E-state index in [0.717, 1.165) is 22.7 Å². The molecule has 0 bridgehead atoms. The number of nitrogens with zero attached hydrogens (tertiary/aromatic N) is 5. The minimum atomic E-state index is -2.59. The molecule has 0 radical (unpaired) electrons. The first-order valence-corrected chi connectivity index (χ1v) is 8.04. The van der Waals surface area contributed by atoms with Crippen LogP contribution < -0.4 is 9.64 Å². The van der Waals surface area contributed by atoms with Crippen LogP contribution >= 0.6 is 0 Å². The van der Waals surface area contributed by atoms with Gasteiger partial charge >= 0.3 is 0 Å². The third-order valence-corrected chi connectivity index (χ3v) is 4.47. The van der Waals surface area contributed by atoms with Crippen molar-refractivity contribution in [2.24, 2.45) is 0 Å². The van der Waals surface area contributed by atoms with Gasteiger partial charge in [-0.15, -0.1) is 10.2 Å². The second kappa shape index (κ2) is 5.94. The second-order valence-electron chi connectivity index (χ2n) is 6.09. The minimum absolute atomic E-state index is 0.159. The molecule has 1 fully saturated rings. The molecule has 0 amide bonds. The summed E-state index contributed by atoms with van der Waals surface area (Å²) in [6, 6.07) is 9.41. The van der Waals surface area contributed by atoms with Crippen LogP contribution in [0.25, 0.3) is 16.9 Å². The summed E-state index contributed by atoms with van der Waals surface area (Å²) < 4.78 is 33.7. The summed E-state index contributed by atoms with van der Waals surface area (Å²) in [6.07, 6.45) is 1.20. The number of benzene rings is 1. The zero-order valence-corrected chi connectivity index (χ0v) is 13.7. The van der Waals surface area contributed by atoms with E-state index in [1.165, 1.54) is 6.33 Å². The highest BCUT2D eigenvalue weighted by molar-refractivity contribution is 5.74. The topological polar surface area (TPSA) is 55.5 Å². The first-order chi connectivity index (χ1) is 12.1. The Morgan fingerprint density at radius 1 is 1.12 bits per heavy atom. The van der Waals surface area contributed by atoms with E-state index in [1.54, 1.807) is 11.6 Å². The lowest BCUT2D eigenvalue weighted by Crippen LogP contribution is -2.39. The van der Waals surface area contributed by atoms with Gasteiger partial charge in [0.25, 0.3) is 5.92 Å². The molecule has 0 saturated carbocycles. The molecule has 1 aliphatic heterocycles. The number of piperidine rings is 1. The lowest BCUT2D eigenvalue weighted by molar-refractivity contribution is -0.0220. The maximum atomic E-state index is 13.5. The van der Waals surface area contributed by atoms with E-state index in [4.69, 9.17) is 4.74 Å². The number of anilines is 1. The van der Waals surface area contributed by atoms with Crippen LogP contribution in [0.5, 0.6) is 5.75 Å². The molecule has 0 atom stereocenters. The molecule has 3 aromatic rings. The van der Waals surface area contributed by atoms with E-state index in [9.17, 15) is 8.78 Å². The molecule has 4 rings (SSSR count). The largest absolute Gasteiger partial charge is 0.497 e. The van der Waals surface area contributed by atoms with Crippen LogP contribution in [-0.2, 0) is 0 Å². The maximum Gasteiger partial charge on any atom is 0.251 e. The van der Waals surface area contributed by atoms with Crippen molar-refractivity contribution in [3.8, 4) is 17.0 Å². The standard InChI is InChI=1S/C17H17F2N5O/c1-25-13-4-2-12(3-5-13)14-10-15(16-21-20-11-24(16)22-14)23-8-6-17(18,19)7-9-23/h2-5,10-11H,6-9H2,1H3. The van der Waals surface area contributed by atoms with Crippen molar-refractivity contribution in [3.63, 3.8) is 0 Å². The van der Waals surface area contributed by atoms with Gasteiger partial charge in [-0.05, 0) is 30.3 Å². The fraction of sp³-hybridized carbons (Fsp3) is 0.353. The van der Waals surface area contributed by atoms with E-state index < -0.39 is 5.92 Å². The fourth-order valence-electron chi connectivity index (χ4n) is 3.02.